The molecule has 2 aromatic heterocycles. The molecule has 0 radical (unpaired) electrons. The highest BCUT2D eigenvalue weighted by atomic mass is 32.2. The minimum atomic E-state index is -3.76. The Labute approximate surface area is 152 Å². The van der Waals surface area contributed by atoms with Crippen molar-refractivity contribution in [3.8, 4) is 5.88 Å². The van der Waals surface area contributed by atoms with Crippen molar-refractivity contribution in [2.75, 3.05) is 44.7 Å². The van der Waals surface area contributed by atoms with Crippen molar-refractivity contribution in [1.29, 1.82) is 0 Å². The molecule has 1 fully saturated rings. The molecule has 1 saturated heterocycles. The molecule has 2 N–H and O–H groups in total. The zero-order valence-corrected chi connectivity index (χ0v) is 15.3. The summed E-state index contributed by atoms with van der Waals surface area (Å²) in [7, 11) is -2.25. The smallest absolute Gasteiger partial charge is 0.225 e. The van der Waals surface area contributed by atoms with Gasteiger partial charge in [-0.3, -0.25) is 4.90 Å². The number of ether oxygens (including phenoxy) is 1. The normalized spacial score (nSPS) is 17.1. The van der Waals surface area contributed by atoms with E-state index in [0.29, 0.717) is 37.0 Å². The number of hydrogen-bond acceptors (Lipinski definition) is 8. The number of primary sulfonamides is 1. The minimum absolute atomic E-state index is 0.316. The third-order valence-corrected chi connectivity index (χ3v) is 5.58. The van der Waals surface area contributed by atoms with E-state index in [1.165, 1.54) is 13.3 Å². The van der Waals surface area contributed by atoms with Gasteiger partial charge in [0.05, 0.1) is 7.11 Å². The topological polar surface area (TPSA) is 115 Å². The number of piperazine rings is 1. The van der Waals surface area contributed by atoms with E-state index in [1.807, 2.05) is 0 Å². The first kappa shape index (κ1) is 18.5. The summed E-state index contributed by atoms with van der Waals surface area (Å²) in [5.74, 6) is 1.12. The lowest BCUT2D eigenvalue weighted by Gasteiger charge is -2.36. The first-order chi connectivity index (χ1) is 12.5. The van der Waals surface area contributed by atoms with Crippen LogP contribution >= 0.6 is 0 Å². The molecule has 0 saturated carbocycles. The average Bonchev–Trinajstić information content (AvgIpc) is 2.66. The van der Waals surface area contributed by atoms with Crippen LogP contribution in [0.5, 0.6) is 5.88 Å². The monoisotopic (exact) mass is 378 g/mol. The molecule has 9 nitrogen and oxygen atoms in total. The highest BCUT2D eigenvalue weighted by Gasteiger charge is 2.29. The van der Waals surface area contributed by atoms with Gasteiger partial charge < -0.3 is 9.64 Å². The second kappa shape index (κ2) is 7.94. The Hall–Kier alpha value is -2.30. The molecule has 10 heteroatoms. The van der Waals surface area contributed by atoms with Gasteiger partial charge in [0.25, 0.3) is 0 Å². The lowest BCUT2D eigenvalue weighted by molar-refractivity contribution is 0.255. The molecule has 0 amide bonds. The van der Waals surface area contributed by atoms with Crippen molar-refractivity contribution in [3.05, 3.63) is 42.4 Å². The Kier molecular flexibility index (Phi) is 5.64. The summed E-state index contributed by atoms with van der Waals surface area (Å²) >= 11 is 0. The van der Waals surface area contributed by atoms with Crippen LogP contribution in [-0.2, 0) is 10.0 Å². The van der Waals surface area contributed by atoms with Gasteiger partial charge in [0.1, 0.15) is 5.25 Å². The lowest BCUT2D eigenvalue weighted by Crippen LogP contribution is -2.49. The van der Waals surface area contributed by atoms with Crippen molar-refractivity contribution in [2.24, 2.45) is 5.14 Å². The zero-order valence-electron chi connectivity index (χ0n) is 14.5. The summed E-state index contributed by atoms with van der Waals surface area (Å²) in [4.78, 5) is 16.8. The fourth-order valence-corrected chi connectivity index (χ4v) is 3.86. The summed E-state index contributed by atoms with van der Waals surface area (Å²) in [6.07, 6.45) is 4.92. The maximum Gasteiger partial charge on any atom is 0.225 e. The molecule has 0 aromatic carbocycles. The molecule has 0 aliphatic carbocycles. The molecule has 1 atom stereocenters. The first-order valence-corrected chi connectivity index (χ1v) is 9.84. The largest absolute Gasteiger partial charge is 0.481 e. The van der Waals surface area contributed by atoms with Gasteiger partial charge in [-0.05, 0) is 11.6 Å². The predicted octanol–water partition coefficient (Wildman–Crippen LogP) is 0.0320. The maximum atomic E-state index is 12.1. The summed E-state index contributed by atoms with van der Waals surface area (Å²) < 4.78 is 29.2. The van der Waals surface area contributed by atoms with Crippen molar-refractivity contribution in [2.45, 2.75) is 5.25 Å². The third kappa shape index (κ3) is 4.45. The van der Waals surface area contributed by atoms with Gasteiger partial charge in [-0.25, -0.2) is 28.5 Å². The summed E-state index contributed by atoms with van der Waals surface area (Å²) in [6.45, 7) is 3.17. The number of rotatable bonds is 6. The standard InChI is InChI=1S/C16H22N6O3S/c1-25-15-4-3-13(11-20-15)14(26(17,23)24)12-21-7-9-22(10-8-21)16-18-5-2-6-19-16/h2-6,11,14H,7-10,12H2,1H3,(H2,17,23,24). The molecule has 3 heterocycles. The molecule has 1 unspecified atom stereocenters. The molecule has 3 rings (SSSR count). The highest BCUT2D eigenvalue weighted by molar-refractivity contribution is 7.89. The van der Waals surface area contributed by atoms with Gasteiger partial charge >= 0.3 is 0 Å². The maximum absolute atomic E-state index is 12.1. The Morgan fingerprint density at radius 1 is 1.15 bits per heavy atom. The van der Waals surface area contributed by atoms with E-state index in [1.54, 1.807) is 30.6 Å². The Bertz CT molecular complexity index is 808. The van der Waals surface area contributed by atoms with E-state index >= 15 is 0 Å². The van der Waals surface area contributed by atoms with Crippen LogP contribution in [0.25, 0.3) is 0 Å². The SMILES string of the molecule is COc1ccc(C(CN2CCN(c3ncccn3)CC2)S(N)(=O)=O)cn1. The fraction of sp³-hybridized carbons (Fsp3) is 0.438. The van der Waals surface area contributed by atoms with Crippen molar-refractivity contribution in [1.82, 2.24) is 19.9 Å². The number of nitrogens with zero attached hydrogens (tertiary/aromatic N) is 5. The van der Waals surface area contributed by atoms with Gasteiger partial charge in [-0.2, -0.15) is 0 Å². The predicted molar refractivity (Wildman–Crippen MR) is 97.3 cm³/mol. The molecule has 140 valence electrons. The van der Waals surface area contributed by atoms with Crippen LogP contribution in [-0.4, -0.2) is 68.1 Å². The van der Waals surface area contributed by atoms with E-state index < -0.39 is 15.3 Å². The van der Waals surface area contributed by atoms with Crippen molar-refractivity contribution in [3.63, 3.8) is 0 Å². The third-order valence-electron chi connectivity index (χ3n) is 4.37. The Balaban J connectivity index is 1.67. The molecular formula is C16H22N6O3S. The number of aromatic nitrogens is 3. The number of nitrogens with two attached hydrogens (primary N) is 1. The van der Waals surface area contributed by atoms with E-state index in [2.05, 4.69) is 24.8 Å². The Morgan fingerprint density at radius 3 is 2.38 bits per heavy atom. The average molecular weight is 378 g/mol. The van der Waals surface area contributed by atoms with Gasteiger partial charge in [0.2, 0.25) is 21.9 Å². The van der Waals surface area contributed by atoms with Gasteiger partial charge in [-0.1, -0.05) is 6.07 Å². The van der Waals surface area contributed by atoms with Gasteiger partial charge in [0, 0.05) is 57.4 Å². The molecule has 0 bridgehead atoms. The van der Waals surface area contributed by atoms with E-state index in [4.69, 9.17) is 9.88 Å². The molecular weight excluding hydrogens is 356 g/mol. The summed E-state index contributed by atoms with van der Waals surface area (Å²) in [5.41, 5.74) is 0.558. The van der Waals surface area contributed by atoms with Crippen LogP contribution in [0.15, 0.2) is 36.8 Å². The number of sulfonamides is 1. The minimum Gasteiger partial charge on any atom is -0.481 e. The van der Waals surface area contributed by atoms with Crippen LogP contribution < -0.4 is 14.8 Å². The van der Waals surface area contributed by atoms with Crippen LogP contribution in [0.1, 0.15) is 10.8 Å². The number of pyridine rings is 1. The van der Waals surface area contributed by atoms with E-state index in [9.17, 15) is 8.42 Å². The number of hydrogen-bond donors (Lipinski definition) is 1. The highest BCUT2D eigenvalue weighted by Crippen LogP contribution is 2.23. The van der Waals surface area contributed by atoms with Crippen molar-refractivity contribution < 1.29 is 13.2 Å². The van der Waals surface area contributed by atoms with E-state index in [-0.39, 0.29) is 0 Å². The molecule has 1 aliphatic rings. The van der Waals surface area contributed by atoms with Crippen LogP contribution in [0.3, 0.4) is 0 Å². The molecule has 26 heavy (non-hydrogen) atoms. The van der Waals surface area contributed by atoms with Crippen LogP contribution in [0, 0.1) is 0 Å². The second-order valence-electron chi connectivity index (χ2n) is 6.05. The van der Waals surface area contributed by atoms with Crippen LogP contribution in [0.2, 0.25) is 0 Å². The number of anilines is 1. The quantitative estimate of drug-likeness (QED) is 0.749. The Morgan fingerprint density at radius 2 is 1.85 bits per heavy atom. The molecule has 2 aromatic rings. The van der Waals surface area contributed by atoms with Crippen molar-refractivity contribution >= 4 is 16.0 Å². The summed E-state index contributed by atoms with van der Waals surface area (Å²) in [5, 5.41) is 4.64. The molecule has 0 spiro atoms. The fourth-order valence-electron chi connectivity index (χ4n) is 2.92. The molecule has 1 aliphatic heterocycles. The van der Waals surface area contributed by atoms with Gasteiger partial charge in [-0.15, -0.1) is 0 Å². The van der Waals surface area contributed by atoms with E-state index in [0.717, 1.165) is 13.1 Å². The number of methoxy groups -OCH3 is 1. The van der Waals surface area contributed by atoms with Gasteiger partial charge in [0.15, 0.2) is 0 Å². The first-order valence-electron chi connectivity index (χ1n) is 8.23. The van der Waals surface area contributed by atoms with Crippen LogP contribution in [0.4, 0.5) is 5.95 Å². The summed E-state index contributed by atoms with van der Waals surface area (Å²) in [6, 6.07) is 5.10. The second-order valence-corrected chi connectivity index (χ2v) is 7.80. The zero-order chi connectivity index (χ0) is 18.6. The lowest BCUT2D eigenvalue weighted by atomic mass is 10.2.